The van der Waals surface area contributed by atoms with Crippen LogP contribution < -0.4 is 0 Å². The molecular weight excluding hydrogens is 552 g/mol. The van der Waals surface area contributed by atoms with E-state index >= 15 is 0 Å². The van der Waals surface area contributed by atoms with Crippen LogP contribution in [0.5, 0.6) is 0 Å². The Balaban J connectivity index is 1.46. The van der Waals surface area contributed by atoms with Crippen LogP contribution >= 0.6 is 0 Å². The van der Waals surface area contributed by atoms with Crippen molar-refractivity contribution in [2.24, 2.45) is 5.11 Å². The van der Waals surface area contributed by atoms with Crippen molar-refractivity contribution >= 4 is 29.7 Å². The van der Waals surface area contributed by atoms with Gasteiger partial charge >= 0.3 is 17.9 Å². The van der Waals surface area contributed by atoms with Crippen LogP contribution in [0.1, 0.15) is 80.0 Å². The SMILES string of the molecule is CC(=O)OC[C@H]1O[C@H](OCCCCCCCCN2C(=O)c3ccccc3C2=O)[C@@H](N=[N+]=[N-])[C@@H](OC(C)=O)[C@@H]1OC(C)=O. The maximum atomic E-state index is 12.5. The highest BCUT2D eigenvalue weighted by molar-refractivity contribution is 6.21. The molecule has 14 heteroatoms. The van der Waals surface area contributed by atoms with Gasteiger partial charge in [0, 0.05) is 38.8 Å². The van der Waals surface area contributed by atoms with Gasteiger partial charge in [0.05, 0.1) is 11.1 Å². The molecule has 14 nitrogen and oxygen atoms in total. The van der Waals surface area contributed by atoms with Gasteiger partial charge in [0.15, 0.2) is 18.5 Å². The fraction of sp³-hybridized carbons (Fsp3) is 0.607. The second-order valence-corrected chi connectivity index (χ2v) is 9.99. The van der Waals surface area contributed by atoms with Crippen molar-refractivity contribution in [1.29, 1.82) is 0 Å². The number of carbonyl (C=O) groups is 5. The number of imide groups is 1. The Morgan fingerprint density at radius 2 is 1.45 bits per heavy atom. The first kappa shape index (κ1) is 32.5. The first-order chi connectivity index (χ1) is 20.1. The summed E-state index contributed by atoms with van der Waals surface area (Å²) in [6, 6.07) is 5.65. The van der Waals surface area contributed by atoms with E-state index in [1.54, 1.807) is 24.3 Å². The summed E-state index contributed by atoms with van der Waals surface area (Å²) < 4.78 is 27.5. The summed E-state index contributed by atoms with van der Waals surface area (Å²) in [5, 5.41) is 3.69. The molecule has 42 heavy (non-hydrogen) atoms. The third-order valence-electron chi connectivity index (χ3n) is 6.79. The molecule has 2 aliphatic rings. The zero-order chi connectivity index (χ0) is 30.6. The van der Waals surface area contributed by atoms with E-state index in [1.165, 1.54) is 11.8 Å². The van der Waals surface area contributed by atoms with Gasteiger partial charge in [-0.3, -0.25) is 28.9 Å². The zero-order valence-electron chi connectivity index (χ0n) is 23.9. The van der Waals surface area contributed by atoms with E-state index in [9.17, 15) is 24.0 Å². The van der Waals surface area contributed by atoms with E-state index in [1.807, 2.05) is 0 Å². The summed E-state index contributed by atoms with van der Waals surface area (Å²) in [4.78, 5) is 64.0. The van der Waals surface area contributed by atoms with E-state index in [-0.39, 0.29) is 25.0 Å². The van der Waals surface area contributed by atoms with Gasteiger partial charge < -0.3 is 23.7 Å². The molecule has 0 aromatic heterocycles. The molecule has 0 spiro atoms. The number of azide groups is 1. The first-order valence-corrected chi connectivity index (χ1v) is 13.9. The number of hydrogen-bond donors (Lipinski definition) is 0. The van der Waals surface area contributed by atoms with Crippen molar-refractivity contribution in [3.05, 3.63) is 45.8 Å². The Morgan fingerprint density at radius 3 is 2.02 bits per heavy atom. The molecule has 0 saturated carbocycles. The minimum atomic E-state index is -1.23. The fourth-order valence-electron chi connectivity index (χ4n) is 4.93. The van der Waals surface area contributed by atoms with Crippen LogP contribution in [0, 0.1) is 0 Å². The van der Waals surface area contributed by atoms with Gasteiger partial charge in [-0.2, -0.15) is 0 Å². The summed E-state index contributed by atoms with van der Waals surface area (Å²) in [6.45, 7) is 3.81. The molecule has 0 unspecified atom stereocenters. The number of fused-ring (bicyclic) bond motifs is 1. The molecule has 1 saturated heterocycles. The van der Waals surface area contributed by atoms with Gasteiger partial charge in [0.1, 0.15) is 18.8 Å². The second-order valence-electron chi connectivity index (χ2n) is 9.99. The van der Waals surface area contributed by atoms with Crippen LogP contribution in [-0.4, -0.2) is 85.0 Å². The highest BCUT2D eigenvalue weighted by atomic mass is 16.7. The fourth-order valence-corrected chi connectivity index (χ4v) is 4.93. The van der Waals surface area contributed by atoms with E-state index in [0.29, 0.717) is 30.5 Å². The number of unbranched alkanes of at least 4 members (excludes halogenated alkanes) is 5. The normalized spacial score (nSPS) is 23.1. The van der Waals surface area contributed by atoms with Crippen LogP contribution in [0.4, 0.5) is 0 Å². The molecule has 228 valence electrons. The Bertz CT molecular complexity index is 1170. The van der Waals surface area contributed by atoms with Crippen molar-refractivity contribution in [2.75, 3.05) is 19.8 Å². The molecule has 0 bridgehead atoms. The molecule has 2 aliphatic heterocycles. The average Bonchev–Trinajstić information content (AvgIpc) is 3.18. The van der Waals surface area contributed by atoms with E-state index in [0.717, 1.165) is 39.5 Å². The predicted molar refractivity (Wildman–Crippen MR) is 145 cm³/mol. The number of rotatable bonds is 15. The number of esters is 3. The third kappa shape index (κ3) is 8.75. The van der Waals surface area contributed by atoms with Crippen molar-refractivity contribution in [3.8, 4) is 0 Å². The predicted octanol–water partition coefficient (Wildman–Crippen LogP) is 3.47. The number of carbonyl (C=O) groups excluding carboxylic acids is 5. The van der Waals surface area contributed by atoms with Gasteiger partial charge in [-0.15, -0.1) is 0 Å². The van der Waals surface area contributed by atoms with Crippen LogP contribution in [0.3, 0.4) is 0 Å². The minimum Gasteiger partial charge on any atom is -0.463 e. The van der Waals surface area contributed by atoms with Crippen molar-refractivity contribution in [3.63, 3.8) is 0 Å². The quantitative estimate of drug-likeness (QED) is 0.0559. The van der Waals surface area contributed by atoms with E-state index < -0.39 is 48.6 Å². The van der Waals surface area contributed by atoms with Crippen molar-refractivity contribution < 1.29 is 47.7 Å². The Morgan fingerprint density at radius 1 is 0.881 bits per heavy atom. The lowest BCUT2D eigenvalue weighted by atomic mass is 9.97. The number of nitrogens with zero attached hydrogens (tertiary/aromatic N) is 4. The molecule has 5 atom stereocenters. The Labute approximate surface area is 243 Å². The molecule has 0 N–H and O–H groups in total. The van der Waals surface area contributed by atoms with Gasteiger partial charge in [-0.25, -0.2) is 0 Å². The van der Waals surface area contributed by atoms with Gasteiger partial charge in [-0.05, 0) is 30.5 Å². The minimum absolute atomic E-state index is 0.225. The standard InChI is InChI=1S/C28H36N4O10/c1-17(33)39-16-22-24(40-18(2)34)25(41-19(3)35)23(30-31-29)28(42-22)38-15-11-7-5-4-6-10-14-32-26(36)20-12-8-9-13-21(20)27(32)37/h8-9,12-13,22-25,28H,4-7,10-11,14-16H2,1-3H3/t22-,23+,24-,25-,28+/m1/s1. The molecule has 2 heterocycles. The van der Waals surface area contributed by atoms with Crippen LogP contribution in [0.2, 0.25) is 0 Å². The summed E-state index contributed by atoms with van der Waals surface area (Å²) >= 11 is 0. The smallest absolute Gasteiger partial charge is 0.303 e. The summed E-state index contributed by atoms with van der Waals surface area (Å²) in [5.74, 6) is -2.49. The molecule has 1 fully saturated rings. The van der Waals surface area contributed by atoms with Gasteiger partial charge in [-0.1, -0.05) is 42.9 Å². The molecule has 0 aliphatic carbocycles. The van der Waals surface area contributed by atoms with Crippen LogP contribution in [0.15, 0.2) is 29.4 Å². The van der Waals surface area contributed by atoms with Crippen molar-refractivity contribution in [1.82, 2.24) is 4.90 Å². The molecule has 2 amide bonds. The number of ether oxygens (including phenoxy) is 5. The highest BCUT2D eigenvalue weighted by Crippen LogP contribution is 2.30. The van der Waals surface area contributed by atoms with Gasteiger partial charge in [0.25, 0.3) is 11.8 Å². The molecular formula is C28H36N4O10. The maximum absolute atomic E-state index is 12.5. The average molecular weight is 589 g/mol. The zero-order valence-corrected chi connectivity index (χ0v) is 23.9. The van der Waals surface area contributed by atoms with Crippen molar-refractivity contribution in [2.45, 2.75) is 89.9 Å². The van der Waals surface area contributed by atoms with Crippen LogP contribution in [-0.2, 0) is 38.1 Å². The van der Waals surface area contributed by atoms with Crippen LogP contribution in [0.25, 0.3) is 10.4 Å². The summed E-state index contributed by atoms with van der Waals surface area (Å²) in [6.07, 6.45) is 0.147. The molecule has 1 aromatic carbocycles. The topological polar surface area (TPSA) is 184 Å². The Hall–Kier alpha value is -4.00. The summed E-state index contributed by atoms with van der Waals surface area (Å²) in [5.41, 5.74) is 10.0. The monoisotopic (exact) mass is 588 g/mol. The first-order valence-electron chi connectivity index (χ1n) is 13.9. The number of hydrogen-bond acceptors (Lipinski definition) is 11. The number of benzene rings is 1. The highest BCUT2D eigenvalue weighted by Gasteiger charge is 2.50. The molecule has 3 rings (SSSR count). The maximum Gasteiger partial charge on any atom is 0.303 e. The molecule has 0 radical (unpaired) electrons. The lowest BCUT2D eigenvalue weighted by molar-refractivity contribution is -0.273. The second kappa shape index (κ2) is 15.9. The summed E-state index contributed by atoms with van der Waals surface area (Å²) in [7, 11) is 0. The largest absolute Gasteiger partial charge is 0.463 e. The third-order valence-corrected chi connectivity index (χ3v) is 6.79. The van der Waals surface area contributed by atoms with E-state index in [4.69, 9.17) is 29.2 Å². The number of amides is 2. The van der Waals surface area contributed by atoms with E-state index in [2.05, 4.69) is 10.0 Å². The lowest BCUT2D eigenvalue weighted by Crippen LogP contribution is -2.61. The van der Waals surface area contributed by atoms with Gasteiger partial charge in [0.2, 0.25) is 0 Å². The Kier molecular flexibility index (Phi) is 12.3. The lowest BCUT2D eigenvalue weighted by Gasteiger charge is -2.43. The molecule has 1 aromatic rings.